The third-order valence-electron chi connectivity index (χ3n) is 12.7. The molecule has 0 spiro atoms. The molecule has 422 valence electrons. The summed E-state index contributed by atoms with van der Waals surface area (Å²) in [5.41, 5.74) is 5.14. The number of ether oxygens (including phenoxy) is 4. The van der Waals surface area contributed by atoms with E-state index in [1.165, 1.54) is 47.4 Å². The Bertz CT molecular complexity index is 3200. The number of sulfonamides is 1. The average molecular weight is 1140 g/mol. The van der Waals surface area contributed by atoms with Gasteiger partial charge in [-0.05, 0) is 64.8 Å². The minimum Gasteiger partial charge on any atom is -0.616 e. The van der Waals surface area contributed by atoms with Crippen LogP contribution in [-0.2, 0) is 63.7 Å². The summed E-state index contributed by atoms with van der Waals surface area (Å²) in [6, 6.07) is 19.1. The van der Waals surface area contributed by atoms with Gasteiger partial charge in [-0.1, -0.05) is 94.8 Å². The third-order valence-corrected chi connectivity index (χ3v) is 15.3. The number of ketones is 1. The van der Waals surface area contributed by atoms with Crippen LogP contribution in [0.2, 0.25) is 5.02 Å². The highest BCUT2D eigenvalue weighted by Gasteiger charge is 2.44. The van der Waals surface area contributed by atoms with Crippen LogP contribution in [0.25, 0.3) is 10.4 Å². The average Bonchev–Trinajstić information content (AvgIpc) is 4.18. The molecule has 1 aliphatic rings. The second kappa shape index (κ2) is 26.4. The number of β-amino-alcohol motifs (C(OH)–C–C–N with tert-alkyl or cyclic N) is 1. The maximum absolute atomic E-state index is 14.0. The number of aromatic nitrogens is 5. The van der Waals surface area contributed by atoms with Gasteiger partial charge in [0, 0.05) is 41.7 Å². The van der Waals surface area contributed by atoms with Gasteiger partial charge in [-0.15, -0.1) is 21.2 Å². The van der Waals surface area contributed by atoms with Crippen LogP contribution in [0.5, 0.6) is 5.88 Å². The monoisotopic (exact) mass is 1140 g/mol. The number of nitrogens with one attached hydrogen (secondary N) is 3. The van der Waals surface area contributed by atoms with Crippen molar-refractivity contribution >= 4 is 62.2 Å². The lowest BCUT2D eigenvalue weighted by atomic mass is 9.85. The number of nitrogens with zero attached hydrogens (tertiary/aromatic N) is 6. The molecule has 3 unspecified atom stereocenters. The van der Waals surface area contributed by atoms with E-state index in [1.54, 1.807) is 60.6 Å². The molecule has 0 radical (unpaired) electrons. The predicted octanol–water partition coefficient (Wildman–Crippen LogP) is 5.76. The fourth-order valence-electron chi connectivity index (χ4n) is 8.43. The van der Waals surface area contributed by atoms with Crippen LogP contribution in [0.4, 0.5) is 5.69 Å². The van der Waals surface area contributed by atoms with E-state index in [0.717, 1.165) is 33.5 Å². The third kappa shape index (κ3) is 16.4. The van der Waals surface area contributed by atoms with E-state index < -0.39 is 57.1 Å². The molecule has 7 rings (SSSR count). The Labute approximate surface area is 468 Å². The van der Waals surface area contributed by atoms with Gasteiger partial charge in [0.25, 0.3) is 10.0 Å². The molecule has 0 bridgehead atoms. The maximum atomic E-state index is 14.0. The Kier molecular flexibility index (Phi) is 20.0. The van der Waals surface area contributed by atoms with E-state index in [9.17, 15) is 37.9 Å². The number of halogens is 1. The lowest BCUT2D eigenvalue weighted by Gasteiger charge is -2.35. The van der Waals surface area contributed by atoms with Gasteiger partial charge >= 0.3 is 5.88 Å². The van der Waals surface area contributed by atoms with Crippen molar-refractivity contribution in [3.05, 3.63) is 141 Å². The number of pyridine rings is 1. The fourth-order valence-corrected chi connectivity index (χ4v) is 10.5. The summed E-state index contributed by atoms with van der Waals surface area (Å²) in [7, 11) is -4.09. The number of thiazole rings is 1. The summed E-state index contributed by atoms with van der Waals surface area (Å²) in [6.45, 7) is 14.3. The highest BCUT2D eigenvalue weighted by molar-refractivity contribution is 7.92. The lowest BCUT2D eigenvalue weighted by molar-refractivity contribution is -0.613. The highest BCUT2D eigenvalue weighted by Crippen LogP contribution is 2.31. The number of carbonyl (C=O) groups excluding carboxylic acids is 4. The molecule has 3 amide bonds. The molecule has 6 aromatic rings. The summed E-state index contributed by atoms with van der Waals surface area (Å²) >= 11 is 7.80. The SMILES string of the molecule is Cc1ncsc1-c1ccc(CNC(=O)C2CC(O)CN2C(=O)C(NC(=O)COCc2cn(CCOCCOCCOc3cc(C(=O)c4cc(Cl)ccc4NS(=O)(=O)c4ccc(C(C)(C)C)cc4)cc[n+]3[O-])nn2)C(C)(C)C)cc1. The Hall–Kier alpha value is -6.86. The Morgan fingerprint density at radius 1 is 0.924 bits per heavy atom. The topological polar surface area (TPSA) is 269 Å². The number of carbonyl (C=O) groups is 4. The first-order valence-electron chi connectivity index (χ1n) is 25.5. The number of hydrogen-bond acceptors (Lipinski definition) is 16. The maximum Gasteiger partial charge on any atom is 0.380 e. The predicted molar refractivity (Wildman–Crippen MR) is 295 cm³/mol. The van der Waals surface area contributed by atoms with Gasteiger partial charge < -0.3 is 44.8 Å². The van der Waals surface area contributed by atoms with Crippen molar-refractivity contribution in [3.8, 4) is 16.3 Å². The largest absolute Gasteiger partial charge is 0.616 e. The molecule has 3 aromatic heterocycles. The molecule has 3 aromatic carbocycles. The van der Waals surface area contributed by atoms with E-state index >= 15 is 0 Å². The Morgan fingerprint density at radius 2 is 1.63 bits per heavy atom. The minimum absolute atomic E-state index is 0.00256. The van der Waals surface area contributed by atoms with Crippen LogP contribution >= 0.6 is 22.9 Å². The number of benzene rings is 3. The smallest absolute Gasteiger partial charge is 0.380 e. The molecule has 21 nitrogen and oxygen atoms in total. The van der Waals surface area contributed by atoms with E-state index in [0.29, 0.717) is 17.0 Å². The number of aryl methyl sites for hydroxylation is 1. The Morgan fingerprint density at radius 3 is 2.32 bits per heavy atom. The van der Waals surface area contributed by atoms with Crippen LogP contribution in [-0.4, -0.2) is 126 Å². The molecule has 0 saturated carbocycles. The zero-order valence-corrected chi connectivity index (χ0v) is 47.5. The number of amides is 3. The molecule has 3 atom stereocenters. The van der Waals surface area contributed by atoms with Crippen molar-refractivity contribution in [2.75, 3.05) is 50.9 Å². The van der Waals surface area contributed by atoms with Crippen LogP contribution in [0.15, 0.2) is 102 Å². The molecule has 1 aliphatic heterocycles. The van der Waals surface area contributed by atoms with Gasteiger partial charge in [0.05, 0.1) is 84.6 Å². The summed E-state index contributed by atoms with van der Waals surface area (Å²) in [5.74, 6) is -2.22. The molecule has 1 fully saturated rings. The standard InChI is InChI=1S/C55H66ClN9O12S2/c1-35-50(78-34-58-35)37-10-8-36(9-11-37)29-57-52(69)46-28-42(66)31-64(46)53(70)51(55(5,6)7)59-47(67)33-76-32-41-30-63(62-60-41)20-21-74-22-23-75-24-25-77-48-26-38(18-19-65(48)71)49(68)44-27-40(56)14-17-45(44)61-79(72,73)43-15-12-39(13-16-43)54(2,3)4/h8-19,26-27,30,34,42,46,51,61,66H,20-25,28-29,31-33H2,1-7H3,(H,57,69)(H,59,67). The second-order valence-corrected chi connectivity index (χ2v) is 23.9. The normalized spacial score (nSPS) is 15.2. The lowest BCUT2D eigenvalue weighted by Crippen LogP contribution is -2.58. The van der Waals surface area contributed by atoms with Crippen LogP contribution < -0.4 is 24.8 Å². The van der Waals surface area contributed by atoms with Crippen LogP contribution in [0.1, 0.15) is 86.4 Å². The van der Waals surface area contributed by atoms with Gasteiger partial charge in [0.1, 0.15) is 31.0 Å². The molecule has 79 heavy (non-hydrogen) atoms. The number of aliphatic hydroxyl groups is 1. The molecular weight excluding hydrogens is 1080 g/mol. The molecule has 4 heterocycles. The van der Waals surface area contributed by atoms with Crippen molar-refractivity contribution in [2.45, 2.75) is 103 Å². The van der Waals surface area contributed by atoms with Gasteiger partial charge in [0.15, 0.2) is 12.0 Å². The first kappa shape index (κ1) is 59.8. The summed E-state index contributed by atoms with van der Waals surface area (Å²) in [5, 5.41) is 37.2. The highest BCUT2D eigenvalue weighted by atomic mass is 35.5. The molecule has 24 heteroatoms. The minimum atomic E-state index is -4.09. The van der Waals surface area contributed by atoms with Gasteiger partial charge in [-0.2, -0.15) is 0 Å². The van der Waals surface area contributed by atoms with Gasteiger partial charge in [-0.3, -0.25) is 23.9 Å². The fraction of sp³-hybridized carbons (Fsp3) is 0.418. The van der Waals surface area contributed by atoms with Crippen molar-refractivity contribution in [1.29, 1.82) is 0 Å². The number of aliphatic hydroxyl groups excluding tert-OH is 1. The summed E-state index contributed by atoms with van der Waals surface area (Å²) < 4.78 is 53.8. The summed E-state index contributed by atoms with van der Waals surface area (Å²) in [6.07, 6.45) is 1.91. The number of rotatable bonds is 25. The van der Waals surface area contributed by atoms with Crippen molar-refractivity contribution in [2.24, 2.45) is 5.41 Å². The van der Waals surface area contributed by atoms with E-state index in [2.05, 4.69) is 30.7 Å². The number of hydrogen-bond donors (Lipinski definition) is 4. The molecular formula is C55H66ClN9O12S2. The van der Waals surface area contributed by atoms with Gasteiger partial charge in [-0.25, -0.2) is 18.1 Å². The summed E-state index contributed by atoms with van der Waals surface area (Å²) in [4.78, 5) is 61.1. The van der Waals surface area contributed by atoms with E-state index in [-0.39, 0.29) is 104 Å². The quantitative estimate of drug-likeness (QED) is 0.0230. The van der Waals surface area contributed by atoms with Crippen molar-refractivity contribution in [1.82, 2.24) is 35.5 Å². The number of anilines is 1. The first-order valence-corrected chi connectivity index (χ1v) is 28.2. The zero-order valence-electron chi connectivity index (χ0n) is 45.1. The van der Waals surface area contributed by atoms with Gasteiger partial charge in [0.2, 0.25) is 17.7 Å². The molecule has 4 N–H and O–H groups in total. The molecule has 0 aliphatic carbocycles. The van der Waals surface area contributed by atoms with Crippen LogP contribution in [0.3, 0.4) is 0 Å². The van der Waals surface area contributed by atoms with E-state index in [1.807, 2.05) is 52.0 Å². The van der Waals surface area contributed by atoms with Crippen LogP contribution in [0, 0.1) is 17.5 Å². The zero-order chi connectivity index (χ0) is 57.1. The van der Waals surface area contributed by atoms with E-state index in [4.69, 9.17) is 30.5 Å². The molecule has 1 saturated heterocycles. The second-order valence-electron chi connectivity index (χ2n) is 21.0. The van der Waals surface area contributed by atoms with Crippen molar-refractivity contribution < 1.29 is 56.4 Å². The number of likely N-dealkylation sites (tertiary alicyclic amines) is 1. The Balaban J connectivity index is 0.789. The first-order chi connectivity index (χ1) is 37.5. The van der Waals surface area contributed by atoms with Crippen molar-refractivity contribution in [3.63, 3.8) is 0 Å².